The molecule has 0 aliphatic carbocycles. The van der Waals surface area contributed by atoms with Gasteiger partial charge < -0.3 is 10.4 Å². The number of phenolic OH excluding ortho intramolecular Hbond substituents is 1. The van der Waals surface area contributed by atoms with Crippen molar-refractivity contribution < 1.29 is 9.90 Å². The Labute approximate surface area is 138 Å². The van der Waals surface area contributed by atoms with Gasteiger partial charge in [0.25, 0.3) is 0 Å². The number of hydrogen-bond donors (Lipinski definition) is 2. The van der Waals surface area contributed by atoms with Gasteiger partial charge in [-0.15, -0.1) is 0 Å². The molecule has 0 saturated carbocycles. The van der Waals surface area contributed by atoms with E-state index >= 15 is 0 Å². The van der Waals surface area contributed by atoms with E-state index in [1.807, 2.05) is 17.1 Å². The number of nitrogens with one attached hydrogen (secondary N) is 1. The predicted molar refractivity (Wildman–Crippen MR) is 92.7 cm³/mol. The van der Waals surface area contributed by atoms with Crippen molar-refractivity contribution in [2.45, 2.75) is 19.8 Å². The van der Waals surface area contributed by atoms with E-state index in [0.717, 1.165) is 16.5 Å². The van der Waals surface area contributed by atoms with Crippen molar-refractivity contribution in [3.05, 3.63) is 28.9 Å². The van der Waals surface area contributed by atoms with Crippen LogP contribution in [0.3, 0.4) is 0 Å². The number of amides is 1. The molecule has 4 nitrogen and oxygen atoms in total. The van der Waals surface area contributed by atoms with Crippen molar-refractivity contribution >= 4 is 58.7 Å². The highest BCUT2D eigenvalue weighted by Gasteiger charge is 2.16. The highest BCUT2D eigenvalue weighted by Crippen LogP contribution is 2.37. The maximum atomic E-state index is 11.0. The summed E-state index contributed by atoms with van der Waals surface area (Å²) in [6.45, 7) is 4.10. The minimum Gasteiger partial charge on any atom is -0.506 e. The first-order valence-corrected chi connectivity index (χ1v) is 9.70. The van der Waals surface area contributed by atoms with Gasteiger partial charge in [0.15, 0.2) is 0 Å². The zero-order chi connectivity index (χ0) is 14.9. The van der Waals surface area contributed by atoms with Crippen molar-refractivity contribution in [2.75, 3.05) is 6.54 Å². The van der Waals surface area contributed by atoms with Gasteiger partial charge in [-0.25, -0.2) is 0 Å². The van der Waals surface area contributed by atoms with Crippen LogP contribution in [0.15, 0.2) is 18.3 Å². The summed E-state index contributed by atoms with van der Waals surface area (Å²) in [7, 11) is 1.53. The molecule has 2 N–H and O–H groups in total. The van der Waals surface area contributed by atoms with E-state index in [4.69, 9.17) is 11.6 Å². The number of aromatic nitrogens is 1. The minimum absolute atomic E-state index is 0.0465. The summed E-state index contributed by atoms with van der Waals surface area (Å²) in [4.78, 5) is 11.0. The first kappa shape index (κ1) is 15.8. The van der Waals surface area contributed by atoms with Crippen LogP contribution in [-0.2, 0) is 4.79 Å². The van der Waals surface area contributed by atoms with Crippen molar-refractivity contribution in [2.24, 2.45) is 0 Å². The number of fused-ring (bicyclic) bond motifs is 1. The Morgan fingerprint density at radius 2 is 2.30 bits per heavy atom. The summed E-state index contributed by atoms with van der Waals surface area (Å²) in [5, 5.41) is 13.9. The van der Waals surface area contributed by atoms with E-state index < -0.39 is 0 Å². The summed E-state index contributed by atoms with van der Waals surface area (Å²) in [6.07, 6.45) is 2.02. The molecule has 0 fully saturated rings. The molecule has 2 rings (SSSR count). The zero-order valence-corrected chi connectivity index (χ0v) is 14.7. The Morgan fingerprint density at radius 1 is 1.60 bits per heavy atom. The van der Waals surface area contributed by atoms with Gasteiger partial charge in [-0.05, 0) is 17.7 Å². The molecule has 0 bridgehead atoms. The van der Waals surface area contributed by atoms with Crippen LogP contribution >= 0.6 is 41.9 Å². The molecule has 1 heterocycles. The molecule has 2 aromatic rings. The molecule has 1 aromatic carbocycles. The van der Waals surface area contributed by atoms with Crippen molar-refractivity contribution in [3.8, 4) is 5.75 Å². The molecule has 7 heteroatoms. The number of carbonyl (C=O) groups is 1. The van der Waals surface area contributed by atoms with Crippen LogP contribution in [0.1, 0.15) is 25.3 Å². The van der Waals surface area contributed by atoms with Crippen LogP contribution in [0.25, 0.3) is 10.9 Å². The van der Waals surface area contributed by atoms with E-state index in [9.17, 15) is 9.90 Å². The Morgan fingerprint density at radius 3 is 2.90 bits per heavy atom. The standard InChI is InChI=1S/C13H14ClIN2O2S/c1-7(5-16-8(2)18)10-6-17(20-15)12-4-11(14)13(19)3-9(10)12/h3-4,6-7,19H,5H2,1-2H3,(H,16,18)/t7-/m0/s1. The molecule has 0 aliphatic heterocycles. The van der Waals surface area contributed by atoms with Crippen LogP contribution in [0, 0.1) is 0 Å². The van der Waals surface area contributed by atoms with Crippen molar-refractivity contribution in [1.82, 2.24) is 9.29 Å². The van der Waals surface area contributed by atoms with Gasteiger partial charge in [-0.3, -0.25) is 8.77 Å². The SMILES string of the molecule is CC(=O)NC[C@H](C)c1cn(SI)c2cc(Cl)c(O)cc12. The smallest absolute Gasteiger partial charge is 0.216 e. The van der Waals surface area contributed by atoms with Gasteiger partial charge in [-0.1, -0.05) is 18.5 Å². The number of aromatic hydroxyl groups is 1. The maximum Gasteiger partial charge on any atom is 0.216 e. The van der Waals surface area contributed by atoms with E-state index in [1.165, 1.54) is 16.0 Å². The highest BCUT2D eigenvalue weighted by molar-refractivity contribution is 14.2. The summed E-state index contributed by atoms with van der Waals surface area (Å²) in [5.74, 6) is 0.171. The number of rotatable bonds is 4. The summed E-state index contributed by atoms with van der Waals surface area (Å²) in [6, 6.07) is 3.44. The van der Waals surface area contributed by atoms with Crippen LogP contribution < -0.4 is 5.32 Å². The molecule has 1 amide bonds. The number of phenols is 1. The number of halogens is 2. The molecule has 0 saturated heterocycles. The van der Waals surface area contributed by atoms with Gasteiger partial charge in [0, 0.05) is 61.3 Å². The summed E-state index contributed by atoms with van der Waals surface area (Å²) in [5.41, 5.74) is 2.03. The lowest BCUT2D eigenvalue weighted by molar-refractivity contribution is -0.119. The molecule has 0 unspecified atom stereocenters. The number of nitrogens with zero attached hydrogens (tertiary/aromatic N) is 1. The fourth-order valence-electron chi connectivity index (χ4n) is 2.09. The molecule has 0 aliphatic rings. The summed E-state index contributed by atoms with van der Waals surface area (Å²) < 4.78 is 2.00. The fourth-order valence-corrected chi connectivity index (χ4v) is 3.60. The Balaban J connectivity index is 2.47. The topological polar surface area (TPSA) is 54.3 Å². The van der Waals surface area contributed by atoms with Gasteiger partial charge in [-0.2, -0.15) is 0 Å². The second-order valence-corrected chi connectivity index (χ2v) is 6.76. The van der Waals surface area contributed by atoms with Gasteiger partial charge >= 0.3 is 0 Å². The Kier molecular flexibility index (Phi) is 5.09. The summed E-state index contributed by atoms with van der Waals surface area (Å²) >= 11 is 8.17. The number of hydrogen-bond acceptors (Lipinski definition) is 3. The van der Waals surface area contributed by atoms with Gasteiger partial charge in [0.2, 0.25) is 5.91 Å². The minimum atomic E-state index is -0.0465. The third kappa shape index (κ3) is 3.17. The predicted octanol–water partition coefficient (Wildman–Crippen LogP) is 4.09. The average molecular weight is 425 g/mol. The van der Waals surface area contributed by atoms with E-state index in [0.29, 0.717) is 11.6 Å². The number of carbonyl (C=O) groups excluding carboxylic acids is 1. The lowest BCUT2D eigenvalue weighted by Crippen LogP contribution is -2.24. The Hall–Kier alpha value is -0.600. The molecule has 0 spiro atoms. The molecule has 0 radical (unpaired) electrons. The first-order valence-electron chi connectivity index (χ1n) is 6.01. The van der Waals surface area contributed by atoms with Crippen LogP contribution in [0.5, 0.6) is 5.75 Å². The molecule has 1 atom stereocenters. The molecular formula is C13H14ClIN2O2S. The molecule has 20 heavy (non-hydrogen) atoms. The molecular weight excluding hydrogens is 411 g/mol. The lowest BCUT2D eigenvalue weighted by Gasteiger charge is -2.11. The highest BCUT2D eigenvalue weighted by atomic mass is 127. The quantitative estimate of drug-likeness (QED) is 0.727. The van der Waals surface area contributed by atoms with Crippen LogP contribution in [0.4, 0.5) is 0 Å². The fraction of sp³-hybridized carbons (Fsp3) is 0.308. The molecule has 108 valence electrons. The Bertz CT molecular complexity index is 659. The van der Waals surface area contributed by atoms with Crippen LogP contribution in [-0.4, -0.2) is 21.5 Å². The van der Waals surface area contributed by atoms with Crippen molar-refractivity contribution in [3.63, 3.8) is 0 Å². The average Bonchev–Trinajstić information content (AvgIpc) is 2.74. The van der Waals surface area contributed by atoms with E-state index in [-0.39, 0.29) is 17.6 Å². The number of benzene rings is 1. The third-order valence-electron chi connectivity index (χ3n) is 3.13. The second-order valence-electron chi connectivity index (χ2n) is 4.64. The van der Waals surface area contributed by atoms with E-state index in [1.54, 1.807) is 12.1 Å². The lowest BCUT2D eigenvalue weighted by atomic mass is 10.0. The van der Waals surface area contributed by atoms with Gasteiger partial charge in [0.1, 0.15) is 5.75 Å². The van der Waals surface area contributed by atoms with Crippen molar-refractivity contribution in [1.29, 1.82) is 0 Å². The first-order chi connectivity index (χ1) is 9.43. The zero-order valence-electron chi connectivity index (χ0n) is 11.0. The maximum absolute atomic E-state index is 11.0. The largest absolute Gasteiger partial charge is 0.506 e. The van der Waals surface area contributed by atoms with Crippen LogP contribution in [0.2, 0.25) is 5.02 Å². The van der Waals surface area contributed by atoms with Gasteiger partial charge in [0.05, 0.1) is 10.5 Å². The molecule has 1 aromatic heterocycles. The third-order valence-corrected chi connectivity index (χ3v) is 5.16. The second kappa shape index (κ2) is 6.44. The van der Waals surface area contributed by atoms with E-state index in [2.05, 4.69) is 26.5 Å². The monoisotopic (exact) mass is 424 g/mol. The normalized spacial score (nSPS) is 12.6.